The molecule has 0 saturated heterocycles. The maximum absolute atomic E-state index is 12.5. The van der Waals surface area contributed by atoms with Crippen molar-refractivity contribution in [3.05, 3.63) is 90.0 Å². The minimum Gasteiger partial charge on any atom is -0.466 e. The van der Waals surface area contributed by atoms with Gasteiger partial charge in [0.05, 0.1) is 7.11 Å². The molecule has 1 aliphatic rings. The molecule has 0 bridgehead atoms. The summed E-state index contributed by atoms with van der Waals surface area (Å²) in [4.78, 5) is 26.1. The van der Waals surface area contributed by atoms with Crippen molar-refractivity contribution in [2.24, 2.45) is 0 Å². The summed E-state index contributed by atoms with van der Waals surface area (Å²) >= 11 is 0. The second-order valence-corrected chi connectivity index (χ2v) is 6.50. The summed E-state index contributed by atoms with van der Waals surface area (Å²) in [5.74, 6) is -0.495. The normalized spacial score (nSPS) is 19.6. The summed E-state index contributed by atoms with van der Waals surface area (Å²) in [6.07, 6.45) is 6.00. The molecule has 1 amide bonds. The first-order chi connectivity index (χ1) is 13.1. The highest BCUT2D eigenvalue weighted by molar-refractivity contribution is 5.84. The molecule has 0 fully saturated rings. The second kappa shape index (κ2) is 8.04. The van der Waals surface area contributed by atoms with Gasteiger partial charge >= 0.3 is 5.97 Å². The number of carbonyl (C=O) groups excluding carboxylic acids is 2. The van der Waals surface area contributed by atoms with Crippen molar-refractivity contribution in [3.8, 4) is 0 Å². The van der Waals surface area contributed by atoms with Crippen LogP contribution in [0.1, 0.15) is 24.5 Å². The van der Waals surface area contributed by atoms with E-state index in [0.717, 1.165) is 23.1 Å². The third-order valence-electron chi connectivity index (χ3n) is 4.88. The third kappa shape index (κ3) is 3.85. The molecule has 4 nitrogen and oxygen atoms in total. The van der Waals surface area contributed by atoms with Gasteiger partial charge in [-0.25, -0.2) is 4.79 Å². The van der Waals surface area contributed by atoms with Crippen molar-refractivity contribution in [2.75, 3.05) is 13.7 Å². The lowest BCUT2D eigenvalue weighted by Crippen LogP contribution is -2.49. The predicted octanol–water partition coefficient (Wildman–Crippen LogP) is 3.95. The van der Waals surface area contributed by atoms with Crippen molar-refractivity contribution in [1.82, 2.24) is 4.90 Å². The number of methoxy groups -OCH3 is 1. The van der Waals surface area contributed by atoms with Gasteiger partial charge in [0.1, 0.15) is 5.54 Å². The number of rotatable bonds is 4. The number of hydrogen-bond acceptors (Lipinski definition) is 3. The van der Waals surface area contributed by atoms with E-state index in [1.807, 2.05) is 48.5 Å². The summed E-state index contributed by atoms with van der Waals surface area (Å²) < 4.78 is 4.78. The van der Waals surface area contributed by atoms with Gasteiger partial charge in [-0.3, -0.25) is 4.79 Å². The highest BCUT2D eigenvalue weighted by Crippen LogP contribution is 2.40. The Labute approximate surface area is 159 Å². The van der Waals surface area contributed by atoms with Crippen LogP contribution in [-0.4, -0.2) is 30.4 Å². The molecule has 0 spiro atoms. The Bertz CT molecular complexity index is 871. The molecule has 2 aromatic rings. The van der Waals surface area contributed by atoms with Crippen LogP contribution in [0.25, 0.3) is 5.57 Å². The van der Waals surface area contributed by atoms with Gasteiger partial charge < -0.3 is 9.64 Å². The van der Waals surface area contributed by atoms with Crippen LogP contribution < -0.4 is 0 Å². The zero-order chi connectivity index (χ0) is 19.3. The van der Waals surface area contributed by atoms with Crippen LogP contribution in [0.2, 0.25) is 0 Å². The first kappa shape index (κ1) is 18.6. The molecular weight excluding hydrogens is 338 g/mol. The number of ether oxygens (including phenoxy) is 1. The van der Waals surface area contributed by atoms with Crippen LogP contribution in [0.5, 0.6) is 0 Å². The van der Waals surface area contributed by atoms with E-state index in [1.54, 1.807) is 17.9 Å². The van der Waals surface area contributed by atoms with E-state index in [1.165, 1.54) is 13.2 Å². The van der Waals surface area contributed by atoms with E-state index in [9.17, 15) is 9.59 Å². The molecule has 138 valence electrons. The zero-order valence-corrected chi connectivity index (χ0v) is 15.6. The molecule has 3 rings (SSSR count). The van der Waals surface area contributed by atoms with E-state index >= 15 is 0 Å². The maximum atomic E-state index is 12.5. The molecule has 4 heteroatoms. The summed E-state index contributed by atoms with van der Waals surface area (Å²) in [7, 11) is 1.34. The quantitative estimate of drug-likeness (QED) is 0.612. The standard InChI is InChI=1S/C23H23NO3/c1-18(25)24-16-14-20(19-9-5-3-6-10-19)17-23(24,15-13-22(26)27-2)21-11-7-4-8-12-21/h3-13,15,17H,14,16H2,1-2H3/b15-13+. The minimum atomic E-state index is -0.843. The molecule has 1 atom stereocenters. The van der Waals surface area contributed by atoms with Crippen molar-refractivity contribution in [2.45, 2.75) is 18.9 Å². The molecule has 2 aromatic carbocycles. The topological polar surface area (TPSA) is 46.6 Å². The van der Waals surface area contributed by atoms with Crippen molar-refractivity contribution < 1.29 is 14.3 Å². The number of esters is 1. The van der Waals surface area contributed by atoms with E-state index in [4.69, 9.17) is 4.74 Å². The highest BCUT2D eigenvalue weighted by Gasteiger charge is 2.39. The summed E-state index contributed by atoms with van der Waals surface area (Å²) in [6, 6.07) is 19.9. The smallest absolute Gasteiger partial charge is 0.330 e. The van der Waals surface area contributed by atoms with E-state index in [0.29, 0.717) is 6.54 Å². The number of carbonyl (C=O) groups is 2. The molecule has 1 heterocycles. The van der Waals surface area contributed by atoms with E-state index in [2.05, 4.69) is 18.2 Å². The summed E-state index contributed by atoms with van der Waals surface area (Å²) in [5, 5.41) is 0. The maximum Gasteiger partial charge on any atom is 0.330 e. The fourth-order valence-corrected chi connectivity index (χ4v) is 3.57. The number of amides is 1. The lowest BCUT2D eigenvalue weighted by molar-refractivity contribution is -0.135. The van der Waals surface area contributed by atoms with Crippen molar-refractivity contribution in [1.29, 1.82) is 0 Å². The molecule has 27 heavy (non-hydrogen) atoms. The van der Waals surface area contributed by atoms with Crippen LogP contribution in [0, 0.1) is 0 Å². The van der Waals surface area contributed by atoms with Crippen LogP contribution in [-0.2, 0) is 19.9 Å². The van der Waals surface area contributed by atoms with Crippen LogP contribution in [0.4, 0.5) is 0 Å². The monoisotopic (exact) mass is 361 g/mol. The lowest BCUT2D eigenvalue weighted by atomic mass is 9.80. The van der Waals surface area contributed by atoms with E-state index in [-0.39, 0.29) is 5.91 Å². The zero-order valence-electron chi connectivity index (χ0n) is 15.6. The van der Waals surface area contributed by atoms with Gasteiger partial charge in [-0.1, -0.05) is 60.7 Å². The van der Waals surface area contributed by atoms with Gasteiger partial charge in [0.25, 0.3) is 0 Å². The minimum absolute atomic E-state index is 0.0447. The van der Waals surface area contributed by atoms with Crippen molar-refractivity contribution in [3.63, 3.8) is 0 Å². The number of nitrogens with zero attached hydrogens (tertiary/aromatic N) is 1. The largest absolute Gasteiger partial charge is 0.466 e. The van der Waals surface area contributed by atoms with Crippen LogP contribution >= 0.6 is 0 Å². The molecule has 0 N–H and O–H groups in total. The Morgan fingerprint density at radius 1 is 1.04 bits per heavy atom. The highest BCUT2D eigenvalue weighted by atomic mass is 16.5. The van der Waals surface area contributed by atoms with Gasteiger partial charge in [-0.2, -0.15) is 0 Å². The van der Waals surface area contributed by atoms with Gasteiger partial charge in [0, 0.05) is 19.5 Å². The van der Waals surface area contributed by atoms with Gasteiger partial charge in [-0.15, -0.1) is 0 Å². The third-order valence-corrected chi connectivity index (χ3v) is 4.88. The molecule has 0 aliphatic carbocycles. The predicted molar refractivity (Wildman–Crippen MR) is 106 cm³/mol. The van der Waals surface area contributed by atoms with Gasteiger partial charge in [-0.05, 0) is 35.3 Å². The summed E-state index contributed by atoms with van der Waals surface area (Å²) in [5.41, 5.74) is 2.34. The molecule has 0 radical (unpaired) electrons. The molecular formula is C23H23NO3. The Morgan fingerprint density at radius 2 is 1.67 bits per heavy atom. The van der Waals surface area contributed by atoms with Gasteiger partial charge in [0.2, 0.25) is 5.91 Å². The number of hydrogen-bond donors (Lipinski definition) is 0. The second-order valence-electron chi connectivity index (χ2n) is 6.50. The lowest BCUT2D eigenvalue weighted by Gasteiger charge is -2.44. The van der Waals surface area contributed by atoms with Gasteiger partial charge in [0.15, 0.2) is 0 Å². The van der Waals surface area contributed by atoms with Crippen LogP contribution in [0.15, 0.2) is 78.9 Å². The molecule has 0 aromatic heterocycles. The van der Waals surface area contributed by atoms with E-state index < -0.39 is 11.5 Å². The molecule has 1 aliphatic heterocycles. The Morgan fingerprint density at radius 3 is 2.26 bits per heavy atom. The average molecular weight is 361 g/mol. The number of benzene rings is 2. The van der Waals surface area contributed by atoms with Crippen molar-refractivity contribution >= 4 is 17.4 Å². The Hall–Kier alpha value is -3.14. The first-order valence-corrected chi connectivity index (χ1v) is 8.95. The van der Waals surface area contributed by atoms with Crippen LogP contribution in [0.3, 0.4) is 0 Å². The fourth-order valence-electron chi connectivity index (χ4n) is 3.57. The SMILES string of the molecule is COC(=O)/C=C/C1(c2ccccc2)C=C(c2ccccc2)CCN1C(C)=O. The fraction of sp³-hybridized carbons (Fsp3) is 0.217. The molecule has 1 unspecified atom stereocenters. The molecule has 0 saturated carbocycles. The average Bonchev–Trinajstić information content (AvgIpc) is 2.72. The Balaban J connectivity index is 2.22. The summed E-state index contributed by atoms with van der Waals surface area (Å²) in [6.45, 7) is 2.13. The first-order valence-electron chi connectivity index (χ1n) is 8.95. The Kier molecular flexibility index (Phi) is 5.55.